The van der Waals surface area contributed by atoms with Crippen molar-refractivity contribution < 1.29 is 8.42 Å². The highest BCUT2D eigenvalue weighted by Crippen LogP contribution is 2.31. The van der Waals surface area contributed by atoms with E-state index in [2.05, 4.69) is 4.98 Å². The lowest BCUT2D eigenvalue weighted by Gasteiger charge is -2.31. The van der Waals surface area contributed by atoms with E-state index in [4.69, 9.17) is 0 Å². The maximum atomic E-state index is 12.7. The number of nitrogens with zero attached hydrogens (tertiary/aromatic N) is 2. The first-order chi connectivity index (χ1) is 10.1. The Hall–Kier alpha value is -1.24. The van der Waals surface area contributed by atoms with E-state index in [0.717, 1.165) is 23.4 Å². The molecule has 0 bridgehead atoms. The lowest BCUT2D eigenvalue weighted by molar-refractivity contribution is 0.315. The van der Waals surface area contributed by atoms with E-state index in [-0.39, 0.29) is 5.92 Å². The summed E-state index contributed by atoms with van der Waals surface area (Å²) in [5.74, 6) is 0.221. The molecule has 1 atom stereocenters. The Morgan fingerprint density at radius 2 is 2.05 bits per heavy atom. The third-order valence-electron chi connectivity index (χ3n) is 3.84. The second-order valence-corrected chi connectivity index (χ2v) is 8.25. The molecule has 0 amide bonds. The van der Waals surface area contributed by atoms with E-state index in [1.807, 2.05) is 24.4 Å². The smallest absolute Gasteiger partial charge is 0.243 e. The van der Waals surface area contributed by atoms with E-state index in [0.29, 0.717) is 18.0 Å². The molecular formula is C15H18N2O2S2. The van der Waals surface area contributed by atoms with Crippen LogP contribution in [0.5, 0.6) is 0 Å². The molecule has 0 N–H and O–H groups in total. The number of rotatable bonds is 3. The van der Waals surface area contributed by atoms with Gasteiger partial charge < -0.3 is 0 Å². The number of sulfonamides is 1. The molecule has 6 heteroatoms. The van der Waals surface area contributed by atoms with E-state index < -0.39 is 10.0 Å². The number of thiazole rings is 1. The van der Waals surface area contributed by atoms with Gasteiger partial charge in [0.25, 0.3) is 0 Å². The summed E-state index contributed by atoms with van der Waals surface area (Å²) in [5.41, 5.74) is 1.06. The fraction of sp³-hybridized carbons (Fsp3) is 0.400. The Morgan fingerprint density at radius 1 is 1.29 bits per heavy atom. The number of aromatic nitrogens is 1. The molecule has 0 unspecified atom stereocenters. The van der Waals surface area contributed by atoms with Crippen LogP contribution in [0.3, 0.4) is 0 Å². The van der Waals surface area contributed by atoms with Gasteiger partial charge in [0.2, 0.25) is 10.0 Å². The van der Waals surface area contributed by atoms with Gasteiger partial charge in [-0.05, 0) is 31.9 Å². The van der Waals surface area contributed by atoms with Crippen LogP contribution in [-0.2, 0) is 10.0 Å². The van der Waals surface area contributed by atoms with Gasteiger partial charge >= 0.3 is 0 Å². The molecule has 0 aliphatic carbocycles. The first kappa shape index (κ1) is 14.7. The summed E-state index contributed by atoms with van der Waals surface area (Å²) in [6, 6.07) is 7.07. The zero-order valence-corrected chi connectivity index (χ0v) is 13.5. The van der Waals surface area contributed by atoms with Crippen LogP contribution in [0.25, 0.3) is 0 Å². The summed E-state index contributed by atoms with van der Waals surface area (Å²) in [6.07, 6.45) is 3.68. The highest BCUT2D eigenvalue weighted by atomic mass is 32.2. The molecule has 1 aliphatic heterocycles. The number of aryl methyl sites for hydroxylation is 1. The predicted octanol–water partition coefficient (Wildman–Crippen LogP) is 3.02. The van der Waals surface area contributed by atoms with Gasteiger partial charge in [0.1, 0.15) is 0 Å². The summed E-state index contributed by atoms with van der Waals surface area (Å²) < 4.78 is 27.0. The molecular weight excluding hydrogens is 304 g/mol. The van der Waals surface area contributed by atoms with Crippen molar-refractivity contribution in [2.24, 2.45) is 0 Å². The number of piperidine rings is 1. The normalized spacial score (nSPS) is 20.5. The summed E-state index contributed by atoms with van der Waals surface area (Å²) in [7, 11) is -3.39. The molecule has 1 aromatic carbocycles. The number of hydrogen-bond acceptors (Lipinski definition) is 4. The summed E-state index contributed by atoms with van der Waals surface area (Å²) in [4.78, 5) is 4.72. The van der Waals surface area contributed by atoms with Crippen molar-refractivity contribution in [1.82, 2.24) is 9.29 Å². The maximum Gasteiger partial charge on any atom is 0.243 e. The Labute approximate surface area is 129 Å². The Kier molecular flexibility index (Phi) is 4.10. The van der Waals surface area contributed by atoms with Gasteiger partial charge in [0.05, 0.1) is 9.90 Å². The molecule has 0 saturated carbocycles. The molecule has 2 heterocycles. The monoisotopic (exact) mass is 322 g/mol. The molecule has 21 heavy (non-hydrogen) atoms. The van der Waals surface area contributed by atoms with Gasteiger partial charge in [-0.25, -0.2) is 13.4 Å². The van der Waals surface area contributed by atoms with Crippen molar-refractivity contribution >= 4 is 21.4 Å². The van der Waals surface area contributed by atoms with Gasteiger partial charge in [-0.2, -0.15) is 4.31 Å². The van der Waals surface area contributed by atoms with Gasteiger partial charge in [-0.15, -0.1) is 11.3 Å². The van der Waals surface area contributed by atoms with Gasteiger partial charge in [0.15, 0.2) is 0 Å². The highest BCUT2D eigenvalue weighted by Gasteiger charge is 2.31. The second-order valence-electron chi connectivity index (χ2n) is 5.39. The Morgan fingerprint density at radius 3 is 2.71 bits per heavy atom. The summed E-state index contributed by atoms with van der Waals surface area (Å²) in [6.45, 7) is 3.08. The molecule has 3 rings (SSSR count). The van der Waals surface area contributed by atoms with E-state index in [9.17, 15) is 8.42 Å². The average molecular weight is 322 g/mol. The first-order valence-electron chi connectivity index (χ1n) is 7.03. The Balaban J connectivity index is 1.83. The van der Waals surface area contributed by atoms with Gasteiger partial charge in [-0.3, -0.25) is 0 Å². The minimum Gasteiger partial charge on any atom is -0.249 e. The Bertz CT molecular complexity index is 694. The largest absolute Gasteiger partial charge is 0.249 e. The molecule has 1 aliphatic rings. The molecule has 0 radical (unpaired) electrons. The van der Waals surface area contributed by atoms with Crippen molar-refractivity contribution in [3.05, 3.63) is 46.4 Å². The maximum absolute atomic E-state index is 12.7. The average Bonchev–Trinajstić information content (AvgIpc) is 3.02. The zero-order chi connectivity index (χ0) is 14.9. The van der Waals surface area contributed by atoms with Crippen LogP contribution >= 0.6 is 11.3 Å². The van der Waals surface area contributed by atoms with Crippen molar-refractivity contribution in [2.75, 3.05) is 13.1 Å². The zero-order valence-electron chi connectivity index (χ0n) is 11.9. The van der Waals surface area contributed by atoms with Crippen LogP contribution in [0.4, 0.5) is 0 Å². The standard InChI is InChI=1S/C15H18N2O2S2/c1-12-4-6-14(7-5-12)21(18,19)17-9-2-3-13(11-17)15-16-8-10-20-15/h4-8,10,13H,2-3,9,11H2,1H3/t13-/m0/s1. The molecule has 0 spiro atoms. The van der Waals surface area contributed by atoms with Crippen LogP contribution in [0, 0.1) is 6.92 Å². The van der Waals surface area contributed by atoms with Crippen LogP contribution in [0.15, 0.2) is 40.7 Å². The summed E-state index contributed by atoms with van der Waals surface area (Å²) >= 11 is 1.61. The molecule has 1 saturated heterocycles. The fourth-order valence-corrected chi connectivity index (χ4v) is 4.95. The summed E-state index contributed by atoms with van der Waals surface area (Å²) in [5, 5.41) is 2.99. The van der Waals surface area contributed by atoms with Crippen LogP contribution < -0.4 is 0 Å². The van der Waals surface area contributed by atoms with Crippen LogP contribution in [0.2, 0.25) is 0 Å². The van der Waals surface area contributed by atoms with Crippen molar-refractivity contribution in [3.8, 4) is 0 Å². The van der Waals surface area contributed by atoms with Crippen molar-refractivity contribution in [2.45, 2.75) is 30.6 Å². The fourth-order valence-electron chi connectivity index (χ4n) is 2.66. The third kappa shape index (κ3) is 3.02. The quantitative estimate of drug-likeness (QED) is 0.873. The SMILES string of the molecule is Cc1ccc(S(=O)(=O)N2CCC[C@H](c3nccs3)C2)cc1. The molecule has 1 aromatic heterocycles. The van der Waals surface area contributed by atoms with Crippen LogP contribution in [-0.4, -0.2) is 30.8 Å². The predicted molar refractivity (Wildman–Crippen MR) is 84.0 cm³/mol. The van der Waals surface area contributed by atoms with Crippen molar-refractivity contribution in [1.29, 1.82) is 0 Å². The topological polar surface area (TPSA) is 50.3 Å². The lowest BCUT2D eigenvalue weighted by atomic mass is 10.0. The minimum absolute atomic E-state index is 0.221. The van der Waals surface area contributed by atoms with E-state index >= 15 is 0 Å². The highest BCUT2D eigenvalue weighted by molar-refractivity contribution is 7.89. The second kappa shape index (κ2) is 5.87. The number of hydrogen-bond donors (Lipinski definition) is 0. The van der Waals surface area contributed by atoms with Gasteiger partial charge in [-0.1, -0.05) is 17.7 Å². The first-order valence-corrected chi connectivity index (χ1v) is 9.35. The van der Waals surface area contributed by atoms with Crippen molar-refractivity contribution in [3.63, 3.8) is 0 Å². The molecule has 112 valence electrons. The van der Waals surface area contributed by atoms with E-state index in [1.54, 1.807) is 34.0 Å². The number of benzene rings is 1. The van der Waals surface area contributed by atoms with Gasteiger partial charge in [0, 0.05) is 30.6 Å². The molecule has 4 nitrogen and oxygen atoms in total. The third-order valence-corrected chi connectivity index (χ3v) is 6.66. The molecule has 1 fully saturated rings. The molecule has 2 aromatic rings. The minimum atomic E-state index is -3.39. The van der Waals surface area contributed by atoms with Crippen LogP contribution in [0.1, 0.15) is 29.3 Å². The lowest BCUT2D eigenvalue weighted by Crippen LogP contribution is -2.39. The van der Waals surface area contributed by atoms with E-state index in [1.165, 1.54) is 0 Å².